The number of hydrogen-bond acceptors (Lipinski definition) is 4. The molecule has 0 heterocycles. The Kier molecular flexibility index (Phi) is 7.74. The van der Waals surface area contributed by atoms with Gasteiger partial charge in [-0.2, -0.15) is 0 Å². The lowest BCUT2D eigenvalue weighted by Crippen LogP contribution is -2.58. The third kappa shape index (κ3) is 5.18. The topological polar surface area (TPSA) is 95.9 Å². The Bertz CT molecular complexity index is 970. The molecule has 2 amide bonds. The van der Waals surface area contributed by atoms with E-state index in [4.69, 9.17) is 9.84 Å². The smallest absolute Gasteiger partial charge is 0.408 e. The average Bonchev–Trinajstić information content (AvgIpc) is 3.14. The SMILES string of the molecule is CCC(CC)(NC(=O)OCC1c2ccccc2-c2ccccc21)C(=O)N(C)CCCC(=O)O. The third-order valence-corrected chi connectivity index (χ3v) is 6.53. The zero-order chi connectivity index (χ0) is 24.0. The molecule has 33 heavy (non-hydrogen) atoms. The van der Waals surface area contributed by atoms with Gasteiger partial charge in [-0.15, -0.1) is 0 Å². The Morgan fingerprint density at radius 1 is 1.00 bits per heavy atom. The van der Waals surface area contributed by atoms with E-state index in [1.54, 1.807) is 7.05 Å². The molecule has 1 aliphatic carbocycles. The summed E-state index contributed by atoms with van der Waals surface area (Å²) in [7, 11) is 1.63. The molecule has 0 saturated carbocycles. The number of nitrogens with zero attached hydrogens (tertiary/aromatic N) is 1. The summed E-state index contributed by atoms with van der Waals surface area (Å²) in [6.45, 7) is 4.16. The van der Waals surface area contributed by atoms with E-state index in [-0.39, 0.29) is 24.9 Å². The number of carbonyl (C=O) groups excluding carboxylic acids is 2. The van der Waals surface area contributed by atoms with Crippen LogP contribution < -0.4 is 5.32 Å². The number of benzene rings is 2. The monoisotopic (exact) mass is 452 g/mol. The standard InChI is InChI=1S/C26H32N2O5/c1-4-26(5-2,24(31)28(3)16-10-15-23(29)30)27-25(32)33-17-22-20-13-8-6-11-18(20)19-12-7-9-14-21(19)22/h6-9,11-14,22H,4-5,10,15-17H2,1-3H3,(H,27,32)(H,29,30). The highest BCUT2D eigenvalue weighted by atomic mass is 16.5. The first-order valence-electron chi connectivity index (χ1n) is 11.4. The van der Waals surface area contributed by atoms with Gasteiger partial charge in [-0.25, -0.2) is 4.79 Å². The molecule has 0 bridgehead atoms. The highest BCUT2D eigenvalue weighted by molar-refractivity contribution is 5.90. The van der Waals surface area contributed by atoms with Gasteiger partial charge in [-0.3, -0.25) is 9.59 Å². The normalized spacial score (nSPS) is 12.6. The number of carboxylic acid groups (broad SMARTS) is 1. The number of fused-ring (bicyclic) bond motifs is 3. The zero-order valence-corrected chi connectivity index (χ0v) is 19.5. The molecule has 0 aliphatic heterocycles. The summed E-state index contributed by atoms with van der Waals surface area (Å²) >= 11 is 0. The van der Waals surface area contributed by atoms with Gasteiger partial charge in [0.15, 0.2) is 0 Å². The van der Waals surface area contributed by atoms with Crippen molar-refractivity contribution in [1.82, 2.24) is 10.2 Å². The fourth-order valence-corrected chi connectivity index (χ4v) is 4.55. The maximum absolute atomic E-state index is 13.1. The van der Waals surface area contributed by atoms with E-state index >= 15 is 0 Å². The van der Waals surface area contributed by atoms with Crippen LogP contribution in [0, 0.1) is 0 Å². The molecule has 3 rings (SSSR count). The van der Waals surface area contributed by atoms with Gasteiger partial charge in [-0.05, 0) is 41.5 Å². The van der Waals surface area contributed by atoms with E-state index in [2.05, 4.69) is 29.6 Å². The predicted molar refractivity (Wildman–Crippen MR) is 126 cm³/mol. The van der Waals surface area contributed by atoms with Crippen molar-refractivity contribution in [3.8, 4) is 11.1 Å². The lowest BCUT2D eigenvalue weighted by molar-refractivity contribution is -0.139. The maximum Gasteiger partial charge on any atom is 0.408 e. The fraction of sp³-hybridized carbons (Fsp3) is 0.423. The van der Waals surface area contributed by atoms with Crippen molar-refractivity contribution >= 4 is 18.0 Å². The number of carbonyl (C=O) groups is 3. The van der Waals surface area contributed by atoms with Crippen LogP contribution in [0.2, 0.25) is 0 Å². The quantitative estimate of drug-likeness (QED) is 0.557. The minimum atomic E-state index is -1.10. The minimum absolute atomic E-state index is 0.0112. The number of likely N-dealkylation sites (N-methyl/N-ethyl adjacent to an activating group) is 1. The summed E-state index contributed by atoms with van der Waals surface area (Å²) < 4.78 is 5.64. The van der Waals surface area contributed by atoms with E-state index < -0.39 is 17.6 Å². The van der Waals surface area contributed by atoms with E-state index in [1.807, 2.05) is 38.1 Å². The molecule has 1 aliphatic rings. The Labute approximate surface area is 194 Å². The molecule has 0 radical (unpaired) electrons. The first-order valence-corrected chi connectivity index (χ1v) is 11.4. The Morgan fingerprint density at radius 2 is 1.55 bits per heavy atom. The van der Waals surface area contributed by atoms with Gasteiger partial charge in [0.1, 0.15) is 12.1 Å². The molecule has 2 N–H and O–H groups in total. The highest BCUT2D eigenvalue weighted by Crippen LogP contribution is 2.44. The number of hydrogen-bond donors (Lipinski definition) is 2. The number of amides is 2. The van der Waals surface area contributed by atoms with E-state index in [0.29, 0.717) is 25.8 Å². The molecule has 0 spiro atoms. The van der Waals surface area contributed by atoms with E-state index in [9.17, 15) is 14.4 Å². The summed E-state index contributed by atoms with van der Waals surface area (Å²) in [4.78, 5) is 38.2. The van der Waals surface area contributed by atoms with E-state index in [0.717, 1.165) is 22.3 Å². The largest absolute Gasteiger partial charge is 0.481 e. The molecular formula is C26H32N2O5. The van der Waals surface area contributed by atoms with Gasteiger partial charge in [0.05, 0.1) is 0 Å². The lowest BCUT2D eigenvalue weighted by atomic mass is 9.91. The highest BCUT2D eigenvalue weighted by Gasteiger charge is 2.39. The van der Waals surface area contributed by atoms with Crippen molar-refractivity contribution in [3.63, 3.8) is 0 Å². The van der Waals surface area contributed by atoms with Crippen molar-refractivity contribution in [3.05, 3.63) is 59.7 Å². The molecule has 7 heteroatoms. The van der Waals surface area contributed by atoms with Gasteiger partial charge in [0.2, 0.25) is 5.91 Å². The molecule has 0 aromatic heterocycles. The summed E-state index contributed by atoms with van der Waals surface area (Å²) in [5.41, 5.74) is 3.45. The molecule has 7 nitrogen and oxygen atoms in total. The summed E-state index contributed by atoms with van der Waals surface area (Å²) in [6, 6.07) is 16.2. The van der Waals surface area contributed by atoms with Crippen molar-refractivity contribution in [2.45, 2.75) is 51.0 Å². The van der Waals surface area contributed by atoms with Crippen molar-refractivity contribution in [1.29, 1.82) is 0 Å². The molecule has 2 aromatic carbocycles. The van der Waals surface area contributed by atoms with Gasteiger partial charge >= 0.3 is 12.1 Å². The Balaban J connectivity index is 1.67. The second-order valence-electron chi connectivity index (χ2n) is 8.46. The zero-order valence-electron chi connectivity index (χ0n) is 19.5. The van der Waals surface area contributed by atoms with Gasteiger partial charge in [0, 0.05) is 25.9 Å². The van der Waals surface area contributed by atoms with Gasteiger partial charge in [0.25, 0.3) is 0 Å². The maximum atomic E-state index is 13.1. The van der Waals surface area contributed by atoms with Crippen LogP contribution in [0.15, 0.2) is 48.5 Å². The van der Waals surface area contributed by atoms with Crippen LogP contribution in [-0.2, 0) is 14.3 Å². The second-order valence-corrected chi connectivity index (χ2v) is 8.46. The molecule has 0 unspecified atom stereocenters. The fourth-order valence-electron chi connectivity index (χ4n) is 4.55. The average molecular weight is 453 g/mol. The number of aliphatic carboxylic acids is 1. The summed E-state index contributed by atoms with van der Waals surface area (Å²) in [6.07, 6.45) is 0.508. The summed E-state index contributed by atoms with van der Waals surface area (Å²) in [5, 5.41) is 11.6. The lowest BCUT2D eigenvalue weighted by Gasteiger charge is -2.35. The molecule has 0 atom stereocenters. The first kappa shape index (κ1) is 24.3. The van der Waals surface area contributed by atoms with Crippen LogP contribution in [-0.4, -0.2) is 53.7 Å². The molecule has 0 saturated heterocycles. The third-order valence-electron chi connectivity index (χ3n) is 6.53. The van der Waals surface area contributed by atoms with E-state index in [1.165, 1.54) is 4.90 Å². The predicted octanol–water partition coefficient (Wildman–Crippen LogP) is 4.41. The minimum Gasteiger partial charge on any atom is -0.481 e. The van der Waals surface area contributed by atoms with Crippen LogP contribution in [0.1, 0.15) is 56.6 Å². The first-order chi connectivity index (χ1) is 15.8. The molecule has 0 fully saturated rings. The van der Waals surface area contributed by atoms with Crippen molar-refractivity contribution in [2.75, 3.05) is 20.2 Å². The number of carboxylic acids is 1. The Morgan fingerprint density at radius 3 is 2.06 bits per heavy atom. The summed E-state index contributed by atoms with van der Waals surface area (Å²) in [5.74, 6) is -1.20. The van der Waals surface area contributed by atoms with Crippen LogP contribution in [0.25, 0.3) is 11.1 Å². The molecule has 176 valence electrons. The van der Waals surface area contributed by atoms with Crippen LogP contribution >= 0.6 is 0 Å². The number of ether oxygens (including phenoxy) is 1. The molecule has 2 aromatic rings. The van der Waals surface area contributed by atoms with Crippen LogP contribution in [0.5, 0.6) is 0 Å². The van der Waals surface area contributed by atoms with Crippen LogP contribution in [0.3, 0.4) is 0 Å². The van der Waals surface area contributed by atoms with Gasteiger partial charge < -0.3 is 20.1 Å². The Hall–Kier alpha value is -3.35. The number of rotatable bonds is 10. The van der Waals surface area contributed by atoms with Crippen molar-refractivity contribution in [2.24, 2.45) is 0 Å². The van der Waals surface area contributed by atoms with Crippen molar-refractivity contribution < 1.29 is 24.2 Å². The van der Waals surface area contributed by atoms with Gasteiger partial charge in [-0.1, -0.05) is 62.4 Å². The van der Waals surface area contributed by atoms with Crippen LogP contribution in [0.4, 0.5) is 4.79 Å². The number of alkyl carbamates (subject to hydrolysis) is 1. The molecular weight excluding hydrogens is 420 g/mol. The second kappa shape index (κ2) is 10.5. The number of nitrogens with one attached hydrogen (secondary N) is 1.